The van der Waals surface area contributed by atoms with Gasteiger partial charge < -0.3 is 19.3 Å². The van der Waals surface area contributed by atoms with Gasteiger partial charge >= 0.3 is 18.3 Å². The van der Waals surface area contributed by atoms with Crippen molar-refractivity contribution in [3.05, 3.63) is 21.9 Å². The number of aromatic nitrogens is 2. The molecule has 0 aliphatic carbocycles. The average Bonchev–Trinajstić information content (AvgIpc) is 3.17. The summed E-state index contributed by atoms with van der Waals surface area (Å²) >= 11 is 2.79. The van der Waals surface area contributed by atoms with Crippen LogP contribution in [0.1, 0.15) is 59.9 Å². The highest BCUT2D eigenvalue weighted by atomic mass is 79.9. The summed E-state index contributed by atoms with van der Waals surface area (Å²) in [5.74, 6) is -1.03. The molecule has 0 saturated carbocycles. The van der Waals surface area contributed by atoms with Crippen molar-refractivity contribution in [1.29, 1.82) is 0 Å². The molecule has 1 amide bonds. The van der Waals surface area contributed by atoms with Crippen LogP contribution in [0.25, 0.3) is 10.9 Å². The van der Waals surface area contributed by atoms with Gasteiger partial charge in [0.05, 0.1) is 15.6 Å². The van der Waals surface area contributed by atoms with E-state index in [9.17, 15) is 18.0 Å². The topological polar surface area (TPSA) is 71.0 Å². The molecule has 40 heavy (non-hydrogen) atoms. The number of likely N-dealkylation sites (tertiary alicyclic amines) is 1. The second-order valence-corrected chi connectivity index (χ2v) is 12.9. The van der Waals surface area contributed by atoms with Crippen molar-refractivity contribution in [3.8, 4) is 6.01 Å². The summed E-state index contributed by atoms with van der Waals surface area (Å²) in [5, 5.41) is -0.0886. The third-order valence-electron chi connectivity index (χ3n) is 7.66. The molecular formula is C27H36BrF4N5O3. The third kappa shape index (κ3) is 6.09. The molecule has 0 N–H and O–H groups in total. The quantitative estimate of drug-likeness (QED) is 0.369. The van der Waals surface area contributed by atoms with E-state index in [2.05, 4.69) is 30.8 Å². The van der Waals surface area contributed by atoms with Gasteiger partial charge in [-0.2, -0.15) is 23.1 Å². The molecule has 1 aromatic carbocycles. The van der Waals surface area contributed by atoms with Crippen LogP contribution in [0, 0.1) is 5.82 Å². The molecular weight excluding hydrogens is 598 g/mol. The zero-order chi connectivity index (χ0) is 29.8. The van der Waals surface area contributed by atoms with Gasteiger partial charge in [-0.1, -0.05) is 0 Å². The van der Waals surface area contributed by atoms with Gasteiger partial charge in [0, 0.05) is 30.6 Å². The van der Waals surface area contributed by atoms with Crippen molar-refractivity contribution in [2.45, 2.75) is 83.8 Å². The second-order valence-electron chi connectivity index (χ2n) is 12.1. The third-order valence-corrected chi connectivity index (χ3v) is 8.44. The highest BCUT2D eigenvalue weighted by Gasteiger charge is 2.40. The average molecular weight is 635 g/mol. The van der Waals surface area contributed by atoms with Crippen LogP contribution in [-0.4, -0.2) is 82.4 Å². The number of ether oxygens (including phenoxy) is 2. The molecule has 222 valence electrons. The number of hydrogen-bond donors (Lipinski definition) is 0. The lowest BCUT2D eigenvalue weighted by molar-refractivity contribution is -0.138. The number of halogens is 5. The number of nitrogens with zero attached hydrogens (tertiary/aromatic N) is 5. The lowest BCUT2D eigenvalue weighted by Gasteiger charge is -2.45. The van der Waals surface area contributed by atoms with E-state index in [1.807, 2.05) is 27.8 Å². The molecule has 2 fully saturated rings. The Morgan fingerprint density at radius 3 is 2.42 bits per heavy atom. The van der Waals surface area contributed by atoms with Crippen LogP contribution in [-0.2, 0) is 10.9 Å². The standard InChI is InChI=1S/C27H36BrF4N5O3/c1-15-13-37(24(38)40-25(3,4)5)16(2)12-36(15)22-17-11-18(27(30,31)32)19(28)20(29)21(17)33-23(34-22)39-14-26(6)9-8-10-35(26)7/h11,15-16H,8-10,12-14H2,1-7H3/t15-,16+,26-/m0/s1. The van der Waals surface area contributed by atoms with E-state index in [1.54, 1.807) is 30.6 Å². The Balaban J connectivity index is 1.77. The first-order valence-electron chi connectivity index (χ1n) is 13.3. The fraction of sp³-hybridized carbons (Fsp3) is 0.667. The first-order chi connectivity index (χ1) is 18.4. The predicted octanol–water partition coefficient (Wildman–Crippen LogP) is 6.25. The number of amides is 1. The van der Waals surface area contributed by atoms with Crippen LogP contribution in [0.3, 0.4) is 0 Å². The Bertz CT molecular complexity index is 1290. The lowest BCUT2D eigenvalue weighted by Crippen LogP contribution is -2.59. The van der Waals surface area contributed by atoms with Gasteiger partial charge in [0.1, 0.15) is 23.5 Å². The molecule has 0 radical (unpaired) electrons. The van der Waals surface area contributed by atoms with E-state index in [0.717, 1.165) is 25.5 Å². The van der Waals surface area contributed by atoms with E-state index in [0.29, 0.717) is 0 Å². The number of likely N-dealkylation sites (N-methyl/N-ethyl adjacent to an activating group) is 1. The monoisotopic (exact) mass is 633 g/mol. The minimum absolute atomic E-state index is 0.0886. The van der Waals surface area contributed by atoms with Gasteiger partial charge in [-0.05, 0) is 90.0 Å². The maximum absolute atomic E-state index is 15.5. The van der Waals surface area contributed by atoms with Crippen molar-refractivity contribution >= 4 is 38.7 Å². The first-order valence-corrected chi connectivity index (χ1v) is 14.1. The van der Waals surface area contributed by atoms with E-state index < -0.39 is 33.7 Å². The number of carbonyl (C=O) groups excluding carboxylic acids is 1. The number of benzene rings is 1. The molecule has 3 atom stereocenters. The van der Waals surface area contributed by atoms with Gasteiger partial charge in [0.2, 0.25) is 0 Å². The molecule has 13 heteroatoms. The Hall–Kier alpha value is -2.41. The highest BCUT2D eigenvalue weighted by molar-refractivity contribution is 9.10. The molecule has 1 aromatic heterocycles. The summed E-state index contributed by atoms with van der Waals surface area (Å²) in [5.41, 5.74) is -2.41. The number of hydrogen-bond acceptors (Lipinski definition) is 7. The summed E-state index contributed by atoms with van der Waals surface area (Å²) in [7, 11) is 1.99. The summed E-state index contributed by atoms with van der Waals surface area (Å²) < 4.78 is 67.9. The highest BCUT2D eigenvalue weighted by Crippen LogP contribution is 2.42. The molecule has 0 unspecified atom stereocenters. The Labute approximate surface area is 240 Å². The smallest absolute Gasteiger partial charge is 0.417 e. The zero-order valence-corrected chi connectivity index (χ0v) is 25.4. The molecule has 2 aliphatic heterocycles. The van der Waals surface area contributed by atoms with E-state index in [4.69, 9.17) is 9.47 Å². The normalized spacial score (nSPS) is 24.6. The number of carbonyl (C=O) groups is 1. The number of anilines is 1. The number of fused-ring (bicyclic) bond motifs is 1. The van der Waals surface area contributed by atoms with Crippen molar-refractivity contribution in [1.82, 2.24) is 19.8 Å². The van der Waals surface area contributed by atoms with Crippen LogP contribution in [0.2, 0.25) is 0 Å². The Morgan fingerprint density at radius 2 is 1.85 bits per heavy atom. The van der Waals surface area contributed by atoms with Crippen molar-refractivity contribution in [2.24, 2.45) is 0 Å². The van der Waals surface area contributed by atoms with Crippen LogP contribution in [0.15, 0.2) is 10.5 Å². The Kier molecular flexibility index (Phi) is 8.23. The molecule has 0 spiro atoms. The van der Waals surface area contributed by atoms with E-state index in [-0.39, 0.29) is 60.1 Å². The van der Waals surface area contributed by atoms with Crippen LogP contribution in [0.4, 0.5) is 28.2 Å². The van der Waals surface area contributed by atoms with Crippen molar-refractivity contribution in [3.63, 3.8) is 0 Å². The van der Waals surface area contributed by atoms with Crippen LogP contribution in [0.5, 0.6) is 6.01 Å². The SMILES string of the molecule is C[C@@H]1CN(c2nc(OC[C@]3(C)CCCN3C)nc3c(F)c(Br)c(C(F)(F)F)cc23)[C@@H](C)CN1C(=O)OC(C)(C)C. The molecule has 8 nitrogen and oxygen atoms in total. The van der Waals surface area contributed by atoms with Gasteiger partial charge in [-0.3, -0.25) is 4.90 Å². The Morgan fingerprint density at radius 1 is 1.18 bits per heavy atom. The zero-order valence-electron chi connectivity index (χ0n) is 23.8. The minimum Gasteiger partial charge on any atom is -0.461 e. The maximum atomic E-state index is 15.5. The molecule has 2 aromatic rings. The molecule has 2 aliphatic rings. The second kappa shape index (κ2) is 10.8. The van der Waals surface area contributed by atoms with Crippen molar-refractivity contribution < 1.29 is 31.8 Å². The number of alkyl halides is 3. The van der Waals surface area contributed by atoms with Gasteiger partial charge in [0.25, 0.3) is 0 Å². The van der Waals surface area contributed by atoms with Crippen LogP contribution >= 0.6 is 15.9 Å². The van der Waals surface area contributed by atoms with Crippen LogP contribution < -0.4 is 9.64 Å². The summed E-state index contributed by atoms with van der Waals surface area (Å²) in [6.07, 6.45) is -3.40. The summed E-state index contributed by atoms with van der Waals surface area (Å²) in [6.45, 7) is 12.6. The van der Waals surface area contributed by atoms with E-state index >= 15 is 4.39 Å². The maximum Gasteiger partial charge on any atom is 0.417 e. The van der Waals surface area contributed by atoms with E-state index in [1.165, 1.54) is 0 Å². The van der Waals surface area contributed by atoms with Crippen molar-refractivity contribution in [2.75, 3.05) is 38.2 Å². The predicted molar refractivity (Wildman–Crippen MR) is 147 cm³/mol. The molecule has 2 saturated heterocycles. The molecule has 3 heterocycles. The number of rotatable bonds is 4. The molecule has 4 rings (SSSR count). The number of piperazine rings is 1. The minimum atomic E-state index is -4.81. The van der Waals surface area contributed by atoms with Gasteiger partial charge in [0.15, 0.2) is 5.82 Å². The van der Waals surface area contributed by atoms with Gasteiger partial charge in [-0.15, -0.1) is 0 Å². The largest absolute Gasteiger partial charge is 0.461 e. The fourth-order valence-corrected chi connectivity index (χ4v) is 5.74. The van der Waals surface area contributed by atoms with Gasteiger partial charge in [-0.25, -0.2) is 9.18 Å². The molecule has 0 bridgehead atoms. The summed E-state index contributed by atoms with van der Waals surface area (Å²) in [6, 6.07) is -0.00209. The summed E-state index contributed by atoms with van der Waals surface area (Å²) in [4.78, 5) is 27.1. The first kappa shape index (κ1) is 30.5. The fourth-order valence-electron chi connectivity index (χ4n) is 5.21. The lowest BCUT2D eigenvalue weighted by atomic mass is 10.0.